The van der Waals surface area contributed by atoms with Crippen molar-refractivity contribution < 1.29 is 9.47 Å². The zero-order chi connectivity index (χ0) is 27.4. The molecular weight excluding hydrogens is 591 g/mol. The van der Waals surface area contributed by atoms with Crippen LogP contribution in [-0.2, 0) is 0 Å². The number of halogens is 3. The SMILES string of the molecule is COc1ccccc1C(c1ccccc1OC)N1CCN(C(c2nc(-c3ccccc3)[nH]c2C)C(C)C)CC1.Cl.Cl.Cl. The normalized spacial score (nSPS) is 14.5. The first-order chi connectivity index (χ1) is 19.0. The molecule has 5 rings (SSSR count). The van der Waals surface area contributed by atoms with Crippen LogP contribution in [0.2, 0.25) is 0 Å². The molecule has 228 valence electrons. The molecule has 3 aromatic carbocycles. The fourth-order valence-electron chi connectivity index (χ4n) is 6.02. The average Bonchev–Trinajstić information content (AvgIpc) is 3.35. The third-order valence-corrected chi connectivity index (χ3v) is 7.86. The summed E-state index contributed by atoms with van der Waals surface area (Å²) in [6.07, 6.45) is 0. The molecule has 1 unspecified atom stereocenters. The van der Waals surface area contributed by atoms with Gasteiger partial charge in [0.05, 0.1) is 32.0 Å². The van der Waals surface area contributed by atoms with E-state index >= 15 is 0 Å². The van der Waals surface area contributed by atoms with Crippen LogP contribution in [0.5, 0.6) is 11.5 Å². The number of ether oxygens (including phenoxy) is 2. The van der Waals surface area contributed by atoms with Crippen LogP contribution in [0.25, 0.3) is 11.4 Å². The highest BCUT2D eigenvalue weighted by atomic mass is 35.5. The van der Waals surface area contributed by atoms with Crippen molar-refractivity contribution in [3.63, 3.8) is 0 Å². The van der Waals surface area contributed by atoms with Crippen molar-refractivity contribution >= 4 is 37.2 Å². The maximum absolute atomic E-state index is 5.82. The molecule has 1 aliphatic rings. The molecule has 1 atom stereocenters. The third-order valence-electron chi connectivity index (χ3n) is 7.86. The van der Waals surface area contributed by atoms with Crippen LogP contribution in [0.3, 0.4) is 0 Å². The summed E-state index contributed by atoms with van der Waals surface area (Å²) in [6.45, 7) is 10.5. The average molecular weight is 634 g/mol. The third kappa shape index (κ3) is 7.42. The second kappa shape index (κ2) is 16.2. The monoisotopic (exact) mass is 632 g/mol. The highest BCUT2D eigenvalue weighted by Gasteiger charge is 2.34. The van der Waals surface area contributed by atoms with Gasteiger partial charge in [0.25, 0.3) is 0 Å². The van der Waals surface area contributed by atoms with Crippen LogP contribution in [0.1, 0.15) is 48.4 Å². The number of H-pyrrole nitrogens is 1. The molecule has 1 aromatic heterocycles. The first kappa shape index (κ1) is 35.5. The van der Waals surface area contributed by atoms with Crippen molar-refractivity contribution in [1.29, 1.82) is 0 Å². The van der Waals surface area contributed by atoms with E-state index < -0.39 is 0 Å². The lowest BCUT2D eigenvalue weighted by atomic mass is 9.93. The Kier molecular flexibility index (Phi) is 13.7. The number of hydrogen-bond donors (Lipinski definition) is 1. The van der Waals surface area contributed by atoms with Gasteiger partial charge in [0.1, 0.15) is 17.3 Å². The van der Waals surface area contributed by atoms with Gasteiger partial charge < -0.3 is 14.5 Å². The second-order valence-corrected chi connectivity index (χ2v) is 10.6. The summed E-state index contributed by atoms with van der Waals surface area (Å²) < 4.78 is 11.6. The Hall–Kier alpha value is -2.74. The number of methoxy groups -OCH3 is 2. The zero-order valence-corrected chi connectivity index (χ0v) is 27.4. The van der Waals surface area contributed by atoms with Crippen LogP contribution >= 0.6 is 37.2 Å². The van der Waals surface area contributed by atoms with E-state index in [0.717, 1.165) is 71.6 Å². The van der Waals surface area contributed by atoms with Gasteiger partial charge >= 0.3 is 0 Å². The van der Waals surface area contributed by atoms with Gasteiger partial charge in [-0.3, -0.25) is 9.80 Å². The standard InChI is InChI=1S/C33H40N4O2.3ClH/c1-23(2)31(30-24(3)34-33(35-30)25-13-7-6-8-14-25)36-19-21-37(22-20-36)32(26-15-9-11-17-28(26)38-4)27-16-10-12-18-29(27)39-5;;;/h6-18,23,31-32H,19-22H2,1-5H3,(H,34,35);3*1H. The largest absolute Gasteiger partial charge is 0.496 e. The van der Waals surface area contributed by atoms with E-state index in [9.17, 15) is 0 Å². The number of aromatic amines is 1. The fourth-order valence-corrected chi connectivity index (χ4v) is 6.02. The van der Waals surface area contributed by atoms with Crippen LogP contribution in [0.4, 0.5) is 0 Å². The summed E-state index contributed by atoms with van der Waals surface area (Å²) in [6, 6.07) is 27.4. The van der Waals surface area contributed by atoms with Gasteiger partial charge in [0.15, 0.2) is 0 Å². The number of para-hydroxylation sites is 2. The molecule has 0 radical (unpaired) electrons. The van der Waals surface area contributed by atoms with E-state index in [4.69, 9.17) is 14.5 Å². The minimum atomic E-state index is 0. The summed E-state index contributed by atoms with van der Waals surface area (Å²) >= 11 is 0. The van der Waals surface area contributed by atoms with Gasteiger partial charge in [0.2, 0.25) is 0 Å². The molecule has 0 bridgehead atoms. The Morgan fingerprint density at radius 3 is 1.67 bits per heavy atom. The number of nitrogens with zero attached hydrogens (tertiary/aromatic N) is 3. The van der Waals surface area contributed by atoms with Crippen LogP contribution in [0.15, 0.2) is 78.9 Å². The number of benzene rings is 3. The van der Waals surface area contributed by atoms with Crippen LogP contribution in [-0.4, -0.2) is 60.2 Å². The van der Waals surface area contributed by atoms with E-state index in [0.29, 0.717) is 5.92 Å². The van der Waals surface area contributed by atoms with E-state index in [1.807, 2.05) is 30.3 Å². The predicted molar refractivity (Wildman–Crippen MR) is 179 cm³/mol. The molecule has 1 fully saturated rings. The van der Waals surface area contributed by atoms with Crippen molar-refractivity contribution in [1.82, 2.24) is 19.8 Å². The molecule has 0 spiro atoms. The van der Waals surface area contributed by atoms with Gasteiger partial charge in [-0.15, -0.1) is 37.2 Å². The summed E-state index contributed by atoms with van der Waals surface area (Å²) in [7, 11) is 3.50. The number of hydrogen-bond acceptors (Lipinski definition) is 5. The lowest BCUT2D eigenvalue weighted by Crippen LogP contribution is -2.50. The highest BCUT2D eigenvalue weighted by Crippen LogP contribution is 2.40. The maximum atomic E-state index is 5.82. The lowest BCUT2D eigenvalue weighted by Gasteiger charge is -2.43. The lowest BCUT2D eigenvalue weighted by molar-refractivity contribution is 0.0589. The molecule has 0 saturated carbocycles. The molecule has 4 aromatic rings. The molecule has 2 heterocycles. The summed E-state index contributed by atoms with van der Waals surface area (Å²) in [5, 5.41) is 0. The number of imidazole rings is 1. The predicted octanol–water partition coefficient (Wildman–Crippen LogP) is 7.77. The van der Waals surface area contributed by atoms with Crippen molar-refractivity contribution in [2.45, 2.75) is 32.9 Å². The smallest absolute Gasteiger partial charge is 0.137 e. The maximum Gasteiger partial charge on any atom is 0.137 e. The van der Waals surface area contributed by atoms with Crippen molar-refractivity contribution in [2.75, 3.05) is 40.4 Å². The Morgan fingerprint density at radius 1 is 0.690 bits per heavy atom. The summed E-state index contributed by atoms with van der Waals surface area (Å²) in [5.41, 5.74) is 5.75. The molecule has 1 saturated heterocycles. The van der Waals surface area contributed by atoms with Gasteiger partial charge in [-0.25, -0.2) is 4.98 Å². The van der Waals surface area contributed by atoms with Gasteiger partial charge in [-0.2, -0.15) is 0 Å². The highest BCUT2D eigenvalue weighted by molar-refractivity contribution is 5.86. The summed E-state index contributed by atoms with van der Waals surface area (Å²) in [4.78, 5) is 13.9. The Labute approximate surface area is 269 Å². The quantitative estimate of drug-likeness (QED) is 0.204. The van der Waals surface area contributed by atoms with E-state index in [1.165, 1.54) is 0 Å². The second-order valence-electron chi connectivity index (χ2n) is 10.6. The Morgan fingerprint density at radius 2 is 1.17 bits per heavy atom. The Balaban J connectivity index is 0.00000205. The van der Waals surface area contributed by atoms with E-state index in [2.05, 4.69) is 84.1 Å². The molecule has 6 nitrogen and oxygen atoms in total. The van der Waals surface area contributed by atoms with Crippen LogP contribution < -0.4 is 9.47 Å². The molecular formula is C33H43Cl3N4O2. The number of aromatic nitrogens is 2. The fraction of sp³-hybridized carbons (Fsp3) is 0.364. The van der Waals surface area contributed by atoms with Crippen LogP contribution in [0, 0.1) is 12.8 Å². The molecule has 1 N–H and O–H groups in total. The minimum absolute atomic E-state index is 0. The number of aryl methyl sites for hydroxylation is 1. The number of nitrogens with one attached hydrogen (secondary N) is 1. The first-order valence-corrected chi connectivity index (χ1v) is 13.9. The van der Waals surface area contributed by atoms with Gasteiger partial charge in [0, 0.05) is 48.6 Å². The topological polar surface area (TPSA) is 53.6 Å². The molecule has 0 aliphatic carbocycles. The number of rotatable bonds is 9. The molecule has 0 amide bonds. The van der Waals surface area contributed by atoms with E-state index in [-0.39, 0.29) is 49.3 Å². The molecule has 1 aliphatic heterocycles. The van der Waals surface area contributed by atoms with Gasteiger partial charge in [-0.05, 0) is 25.0 Å². The number of piperazine rings is 1. The minimum Gasteiger partial charge on any atom is -0.496 e. The van der Waals surface area contributed by atoms with Crippen molar-refractivity contribution in [3.05, 3.63) is 101 Å². The molecule has 9 heteroatoms. The van der Waals surface area contributed by atoms with Crippen molar-refractivity contribution in [2.24, 2.45) is 5.92 Å². The van der Waals surface area contributed by atoms with E-state index in [1.54, 1.807) is 14.2 Å². The summed E-state index contributed by atoms with van der Waals surface area (Å²) in [5.74, 6) is 3.18. The first-order valence-electron chi connectivity index (χ1n) is 13.9. The van der Waals surface area contributed by atoms with Gasteiger partial charge in [-0.1, -0.05) is 80.6 Å². The van der Waals surface area contributed by atoms with Crippen molar-refractivity contribution in [3.8, 4) is 22.9 Å². The Bertz CT molecular complexity index is 1330. The zero-order valence-electron chi connectivity index (χ0n) is 24.9. The molecule has 42 heavy (non-hydrogen) atoms.